The highest BCUT2D eigenvalue weighted by Crippen LogP contribution is 2.32. The van der Waals surface area contributed by atoms with Gasteiger partial charge in [0.25, 0.3) is 5.91 Å². The highest BCUT2D eigenvalue weighted by atomic mass is 35.5. The molecule has 0 radical (unpaired) electrons. The van der Waals surface area contributed by atoms with Crippen molar-refractivity contribution in [3.05, 3.63) is 41.6 Å². The van der Waals surface area contributed by atoms with Crippen molar-refractivity contribution in [1.29, 1.82) is 0 Å². The van der Waals surface area contributed by atoms with Gasteiger partial charge in [-0.1, -0.05) is 29.5 Å². The fourth-order valence-corrected chi connectivity index (χ4v) is 1.97. The average molecular weight is 305 g/mol. The highest BCUT2D eigenvalue weighted by molar-refractivity contribution is 6.32. The molecule has 7 heteroatoms. The molecule has 0 fully saturated rings. The molecule has 6 nitrogen and oxygen atoms in total. The lowest BCUT2D eigenvalue weighted by Gasteiger charge is -2.19. The molecule has 2 rings (SSSR count). The van der Waals surface area contributed by atoms with E-state index in [1.165, 1.54) is 17.9 Å². The van der Waals surface area contributed by atoms with E-state index in [1.807, 2.05) is 6.08 Å². The summed E-state index contributed by atoms with van der Waals surface area (Å²) in [4.78, 5) is 18.5. The van der Waals surface area contributed by atoms with Crippen LogP contribution in [0.3, 0.4) is 0 Å². The third-order valence-corrected chi connectivity index (χ3v) is 3.17. The third kappa shape index (κ3) is 3.40. The number of aromatic nitrogens is 2. The van der Waals surface area contributed by atoms with Crippen LogP contribution in [-0.2, 0) is 0 Å². The Kier molecular flexibility index (Phi) is 4.26. The van der Waals surface area contributed by atoms with Gasteiger partial charge in [0.2, 0.25) is 0 Å². The normalized spacial score (nSPS) is 23.6. The number of nitrogens with zero attached hydrogens (tertiary/aromatic N) is 2. The summed E-state index contributed by atoms with van der Waals surface area (Å²) in [6.45, 7) is 1.74. The van der Waals surface area contributed by atoms with Crippen LogP contribution in [0.1, 0.15) is 29.5 Å². The fraction of sp³-hybridized carbons (Fsp3) is 0.214. The molecule has 0 saturated carbocycles. The number of halogens is 1. The SMILES string of the molecule is CC1(Cl)C#C/C=C(/N)CC=C1c1ncc(C(=O)NO)cn1. The van der Waals surface area contributed by atoms with Crippen molar-refractivity contribution in [1.82, 2.24) is 15.4 Å². The number of amides is 1. The Labute approximate surface area is 126 Å². The van der Waals surface area contributed by atoms with Crippen LogP contribution in [-0.4, -0.2) is 26.0 Å². The molecule has 0 aromatic carbocycles. The van der Waals surface area contributed by atoms with Crippen LogP contribution in [0.2, 0.25) is 0 Å². The van der Waals surface area contributed by atoms with Gasteiger partial charge >= 0.3 is 0 Å². The number of carbonyl (C=O) groups is 1. The predicted molar refractivity (Wildman–Crippen MR) is 78.2 cm³/mol. The Hall–Kier alpha value is -2.36. The molecule has 1 aliphatic rings. The predicted octanol–water partition coefficient (Wildman–Crippen LogP) is 1.23. The summed E-state index contributed by atoms with van der Waals surface area (Å²) in [5, 5.41) is 8.56. The van der Waals surface area contributed by atoms with Crippen molar-refractivity contribution >= 4 is 23.1 Å². The molecular weight excluding hydrogens is 292 g/mol. The number of rotatable bonds is 2. The van der Waals surface area contributed by atoms with Gasteiger partial charge in [0.1, 0.15) is 4.87 Å². The number of alkyl halides is 1. The van der Waals surface area contributed by atoms with Crippen molar-refractivity contribution in [2.24, 2.45) is 5.73 Å². The fourth-order valence-electron chi connectivity index (χ4n) is 1.75. The molecule has 1 aromatic heterocycles. The summed E-state index contributed by atoms with van der Waals surface area (Å²) in [5.74, 6) is 5.35. The second-order valence-electron chi connectivity index (χ2n) is 4.55. The topological polar surface area (TPSA) is 101 Å². The van der Waals surface area contributed by atoms with E-state index >= 15 is 0 Å². The molecule has 1 unspecified atom stereocenters. The molecule has 0 bridgehead atoms. The van der Waals surface area contributed by atoms with Gasteiger partial charge < -0.3 is 5.73 Å². The van der Waals surface area contributed by atoms with Crippen molar-refractivity contribution in [3.8, 4) is 11.8 Å². The van der Waals surface area contributed by atoms with Gasteiger partial charge in [0.05, 0.1) is 5.56 Å². The zero-order valence-electron chi connectivity index (χ0n) is 11.2. The van der Waals surface area contributed by atoms with E-state index in [2.05, 4.69) is 21.8 Å². The molecule has 1 amide bonds. The van der Waals surface area contributed by atoms with Crippen molar-refractivity contribution < 1.29 is 10.0 Å². The second kappa shape index (κ2) is 5.95. The molecule has 108 valence electrons. The molecule has 0 spiro atoms. The summed E-state index contributed by atoms with van der Waals surface area (Å²) < 4.78 is 0. The smallest absolute Gasteiger partial charge is 0.277 e. The van der Waals surface area contributed by atoms with Crippen molar-refractivity contribution in [2.45, 2.75) is 18.2 Å². The molecule has 1 aliphatic carbocycles. The Balaban J connectivity index is 2.40. The van der Waals surface area contributed by atoms with Gasteiger partial charge in [-0.2, -0.15) is 0 Å². The third-order valence-electron chi connectivity index (χ3n) is 2.87. The van der Waals surface area contributed by atoms with Gasteiger partial charge in [-0.25, -0.2) is 15.4 Å². The van der Waals surface area contributed by atoms with Crippen molar-refractivity contribution in [2.75, 3.05) is 0 Å². The lowest BCUT2D eigenvalue weighted by atomic mass is 9.96. The largest absolute Gasteiger partial charge is 0.401 e. The summed E-state index contributed by atoms with van der Waals surface area (Å²) >= 11 is 6.42. The number of nitrogens with one attached hydrogen (secondary N) is 1. The number of nitrogens with two attached hydrogens (primary N) is 1. The van der Waals surface area contributed by atoms with E-state index in [-0.39, 0.29) is 5.56 Å². The first-order valence-electron chi connectivity index (χ1n) is 6.07. The van der Waals surface area contributed by atoms with Crippen LogP contribution in [0.4, 0.5) is 0 Å². The van der Waals surface area contributed by atoms with Crippen molar-refractivity contribution in [3.63, 3.8) is 0 Å². The number of hydrogen-bond acceptors (Lipinski definition) is 5. The number of carbonyl (C=O) groups excluding carboxylic acids is 1. The number of allylic oxidation sites excluding steroid dienone is 3. The Bertz CT molecular complexity index is 681. The second-order valence-corrected chi connectivity index (χ2v) is 5.31. The molecule has 1 aromatic rings. The van der Waals surface area contributed by atoms with Gasteiger partial charge in [0.15, 0.2) is 5.82 Å². The standard InChI is InChI=1S/C14H13ClN4O2/c1-14(15)6-2-3-10(16)4-5-11(14)12-17-7-9(8-18-12)13(20)19-21/h3,5,7-8,21H,4,16H2,1H3,(H,19,20)/b10-3+,11-5?. The minimum atomic E-state index is -0.960. The maximum Gasteiger partial charge on any atom is 0.277 e. The van der Waals surface area contributed by atoms with E-state index in [1.54, 1.807) is 13.0 Å². The maximum atomic E-state index is 11.2. The summed E-state index contributed by atoms with van der Waals surface area (Å²) in [6, 6.07) is 0. The summed E-state index contributed by atoms with van der Waals surface area (Å²) in [6.07, 6.45) is 6.51. The minimum Gasteiger partial charge on any atom is -0.401 e. The molecule has 21 heavy (non-hydrogen) atoms. The lowest BCUT2D eigenvalue weighted by Crippen LogP contribution is -2.21. The molecule has 0 aliphatic heterocycles. The Morgan fingerprint density at radius 2 is 2.19 bits per heavy atom. The van der Waals surface area contributed by atoms with Crippen LogP contribution in [0.15, 0.2) is 30.2 Å². The first-order valence-corrected chi connectivity index (χ1v) is 6.45. The highest BCUT2D eigenvalue weighted by Gasteiger charge is 2.27. The van der Waals surface area contributed by atoms with Crippen LogP contribution >= 0.6 is 11.6 Å². The first-order chi connectivity index (χ1) is 9.94. The number of hydrogen-bond donors (Lipinski definition) is 3. The molecule has 1 heterocycles. The Morgan fingerprint density at radius 1 is 1.52 bits per heavy atom. The maximum absolute atomic E-state index is 11.2. The monoisotopic (exact) mass is 304 g/mol. The van der Waals surface area contributed by atoms with Gasteiger partial charge in [-0.15, -0.1) is 0 Å². The van der Waals surface area contributed by atoms with Gasteiger partial charge in [-0.3, -0.25) is 10.0 Å². The molecular formula is C14H13ClN4O2. The van der Waals surface area contributed by atoms with Gasteiger partial charge in [0, 0.05) is 36.2 Å². The van der Waals surface area contributed by atoms with E-state index in [4.69, 9.17) is 22.5 Å². The Morgan fingerprint density at radius 3 is 2.81 bits per heavy atom. The average Bonchev–Trinajstić information content (AvgIpc) is 2.45. The van der Waals surface area contributed by atoms with Crippen LogP contribution in [0.25, 0.3) is 5.57 Å². The van der Waals surface area contributed by atoms with Crippen LogP contribution < -0.4 is 11.2 Å². The van der Waals surface area contributed by atoms with Gasteiger partial charge in [-0.05, 0) is 6.92 Å². The molecule has 1 atom stereocenters. The van der Waals surface area contributed by atoms with E-state index in [9.17, 15) is 4.79 Å². The first kappa shape index (κ1) is 15.0. The molecule has 0 saturated heterocycles. The minimum absolute atomic E-state index is 0.134. The van der Waals surface area contributed by atoms with E-state index in [0.717, 1.165) is 0 Å². The number of hydroxylamine groups is 1. The van der Waals surface area contributed by atoms with E-state index in [0.29, 0.717) is 23.5 Å². The van der Waals surface area contributed by atoms with Crippen LogP contribution in [0.5, 0.6) is 0 Å². The summed E-state index contributed by atoms with van der Waals surface area (Å²) in [7, 11) is 0. The lowest BCUT2D eigenvalue weighted by molar-refractivity contribution is 0.0705. The summed E-state index contributed by atoms with van der Waals surface area (Å²) in [5.41, 5.74) is 8.64. The van der Waals surface area contributed by atoms with E-state index < -0.39 is 10.8 Å². The zero-order chi connectivity index (χ0) is 15.5. The molecule has 4 N–H and O–H groups in total. The van der Waals surface area contributed by atoms with Crippen LogP contribution in [0, 0.1) is 11.8 Å². The quantitative estimate of drug-likeness (QED) is 0.330. The zero-order valence-corrected chi connectivity index (χ0v) is 12.0.